The molecular formula is C13H18O. The van der Waals surface area contributed by atoms with Gasteiger partial charge in [-0.05, 0) is 31.9 Å². The molecule has 0 aliphatic carbocycles. The van der Waals surface area contributed by atoms with Gasteiger partial charge in [-0.1, -0.05) is 36.8 Å². The number of hydrogen-bond donors (Lipinski definition) is 0. The van der Waals surface area contributed by atoms with Gasteiger partial charge in [-0.15, -0.1) is 0 Å². The minimum Gasteiger partial charge on any atom is -0.493 e. The van der Waals surface area contributed by atoms with Crippen molar-refractivity contribution in [2.24, 2.45) is 0 Å². The lowest BCUT2D eigenvalue weighted by atomic mass is 10.2. The quantitative estimate of drug-likeness (QED) is 0.508. The van der Waals surface area contributed by atoms with Gasteiger partial charge in [0.15, 0.2) is 0 Å². The molecule has 1 heteroatoms. The zero-order valence-corrected chi connectivity index (χ0v) is 8.99. The topological polar surface area (TPSA) is 9.23 Å². The third-order valence-electron chi connectivity index (χ3n) is 1.98. The van der Waals surface area contributed by atoms with Crippen LogP contribution < -0.4 is 4.74 Å². The number of hydrogen-bond acceptors (Lipinski definition) is 1. The lowest BCUT2D eigenvalue weighted by Gasteiger charge is -2.03. The van der Waals surface area contributed by atoms with Crippen LogP contribution in [0.5, 0.6) is 5.75 Å². The van der Waals surface area contributed by atoms with Gasteiger partial charge in [0.2, 0.25) is 0 Å². The van der Waals surface area contributed by atoms with Crippen molar-refractivity contribution in [2.75, 3.05) is 6.61 Å². The van der Waals surface area contributed by atoms with Gasteiger partial charge in [0, 0.05) is 0 Å². The molecule has 1 nitrogen and oxygen atoms in total. The van der Waals surface area contributed by atoms with Crippen molar-refractivity contribution in [3.8, 4) is 5.75 Å². The van der Waals surface area contributed by atoms with Crippen molar-refractivity contribution in [3.05, 3.63) is 42.0 Å². The molecule has 76 valence electrons. The molecule has 0 unspecified atom stereocenters. The molecule has 0 aliphatic rings. The summed E-state index contributed by atoms with van der Waals surface area (Å²) in [5.41, 5.74) is 1.27. The number of benzene rings is 1. The number of aryl methyl sites for hydroxylation is 1. The predicted molar refractivity (Wildman–Crippen MR) is 60.7 cm³/mol. The standard InChI is InChI=1S/C13H18O/c1-3-4-5-6-11-14-13-9-7-12(2)8-10-13/h4-5,7-10H,3,6,11H2,1-2H3/b5-4+. The van der Waals surface area contributed by atoms with E-state index in [9.17, 15) is 0 Å². The Bertz CT molecular complexity index is 272. The van der Waals surface area contributed by atoms with Crippen LogP contribution in [0.15, 0.2) is 36.4 Å². The second-order valence-corrected chi connectivity index (χ2v) is 3.33. The molecule has 0 aliphatic heterocycles. The molecule has 0 heterocycles. The minimum absolute atomic E-state index is 0.763. The third-order valence-corrected chi connectivity index (χ3v) is 1.98. The number of rotatable bonds is 5. The highest BCUT2D eigenvalue weighted by molar-refractivity contribution is 5.26. The first-order valence-corrected chi connectivity index (χ1v) is 5.17. The Balaban J connectivity index is 2.25. The summed E-state index contributed by atoms with van der Waals surface area (Å²) in [6.07, 6.45) is 6.42. The molecule has 0 aromatic heterocycles. The molecule has 0 spiro atoms. The van der Waals surface area contributed by atoms with E-state index >= 15 is 0 Å². The molecule has 1 aromatic rings. The highest BCUT2D eigenvalue weighted by Crippen LogP contribution is 2.11. The Kier molecular flexibility index (Phi) is 4.84. The maximum atomic E-state index is 5.56. The summed E-state index contributed by atoms with van der Waals surface area (Å²) < 4.78 is 5.56. The van der Waals surface area contributed by atoms with Crippen LogP contribution in [0.1, 0.15) is 25.3 Å². The van der Waals surface area contributed by atoms with E-state index in [-0.39, 0.29) is 0 Å². The van der Waals surface area contributed by atoms with Crippen molar-refractivity contribution in [3.63, 3.8) is 0 Å². The summed E-state index contributed by atoms with van der Waals surface area (Å²) >= 11 is 0. The summed E-state index contributed by atoms with van der Waals surface area (Å²) in [4.78, 5) is 0. The second-order valence-electron chi connectivity index (χ2n) is 3.33. The Hall–Kier alpha value is -1.24. The van der Waals surface area contributed by atoms with Crippen LogP contribution in [-0.4, -0.2) is 6.61 Å². The highest BCUT2D eigenvalue weighted by atomic mass is 16.5. The summed E-state index contributed by atoms with van der Waals surface area (Å²) in [6, 6.07) is 8.16. The Morgan fingerprint density at radius 3 is 2.50 bits per heavy atom. The molecule has 14 heavy (non-hydrogen) atoms. The van der Waals surface area contributed by atoms with Gasteiger partial charge in [0.05, 0.1) is 6.61 Å². The van der Waals surface area contributed by atoms with Gasteiger partial charge in [-0.25, -0.2) is 0 Å². The van der Waals surface area contributed by atoms with E-state index in [2.05, 4.69) is 38.1 Å². The lowest BCUT2D eigenvalue weighted by Crippen LogP contribution is -1.95. The van der Waals surface area contributed by atoms with Crippen LogP contribution >= 0.6 is 0 Å². The van der Waals surface area contributed by atoms with E-state index in [1.165, 1.54) is 5.56 Å². The first-order valence-electron chi connectivity index (χ1n) is 5.17. The molecule has 0 atom stereocenters. The van der Waals surface area contributed by atoms with Gasteiger partial charge < -0.3 is 4.74 Å². The maximum absolute atomic E-state index is 5.56. The van der Waals surface area contributed by atoms with Crippen molar-refractivity contribution in [1.82, 2.24) is 0 Å². The summed E-state index contributed by atoms with van der Waals surface area (Å²) in [5, 5.41) is 0. The maximum Gasteiger partial charge on any atom is 0.119 e. The normalized spacial score (nSPS) is 10.7. The summed E-state index contributed by atoms with van der Waals surface area (Å²) in [6.45, 7) is 4.98. The average Bonchev–Trinajstić information content (AvgIpc) is 2.21. The van der Waals surface area contributed by atoms with Crippen LogP contribution in [0.3, 0.4) is 0 Å². The molecule has 0 saturated carbocycles. The van der Waals surface area contributed by atoms with Gasteiger partial charge in [0.25, 0.3) is 0 Å². The monoisotopic (exact) mass is 190 g/mol. The van der Waals surface area contributed by atoms with Crippen molar-refractivity contribution in [1.29, 1.82) is 0 Å². The van der Waals surface area contributed by atoms with Crippen LogP contribution in [-0.2, 0) is 0 Å². The van der Waals surface area contributed by atoms with E-state index in [1.54, 1.807) is 0 Å². The van der Waals surface area contributed by atoms with Crippen molar-refractivity contribution in [2.45, 2.75) is 26.7 Å². The minimum atomic E-state index is 0.763. The highest BCUT2D eigenvalue weighted by Gasteiger charge is 1.90. The molecule has 1 rings (SSSR count). The third kappa shape index (κ3) is 4.13. The molecule has 0 N–H and O–H groups in total. The molecule has 0 saturated heterocycles. The molecule has 0 radical (unpaired) electrons. The molecule has 0 bridgehead atoms. The van der Waals surface area contributed by atoms with Gasteiger partial charge >= 0.3 is 0 Å². The first-order chi connectivity index (χ1) is 6.83. The van der Waals surface area contributed by atoms with Crippen molar-refractivity contribution < 1.29 is 4.74 Å². The van der Waals surface area contributed by atoms with Crippen LogP contribution in [0.25, 0.3) is 0 Å². The fraction of sp³-hybridized carbons (Fsp3) is 0.385. The zero-order valence-electron chi connectivity index (χ0n) is 8.99. The van der Waals surface area contributed by atoms with Gasteiger partial charge in [-0.2, -0.15) is 0 Å². The van der Waals surface area contributed by atoms with E-state index in [1.807, 2.05) is 12.1 Å². The SMILES string of the molecule is CC/C=C/CCOc1ccc(C)cc1. The van der Waals surface area contributed by atoms with Crippen LogP contribution in [0, 0.1) is 6.92 Å². The fourth-order valence-corrected chi connectivity index (χ4v) is 1.16. The Morgan fingerprint density at radius 1 is 1.14 bits per heavy atom. The molecular weight excluding hydrogens is 172 g/mol. The van der Waals surface area contributed by atoms with Crippen LogP contribution in [0.4, 0.5) is 0 Å². The Labute approximate surface area is 86.4 Å². The first kappa shape index (κ1) is 10.8. The fourth-order valence-electron chi connectivity index (χ4n) is 1.16. The van der Waals surface area contributed by atoms with E-state index in [4.69, 9.17) is 4.74 Å². The zero-order chi connectivity index (χ0) is 10.2. The molecule has 1 aromatic carbocycles. The van der Waals surface area contributed by atoms with Crippen molar-refractivity contribution >= 4 is 0 Å². The van der Waals surface area contributed by atoms with Gasteiger partial charge in [-0.3, -0.25) is 0 Å². The largest absolute Gasteiger partial charge is 0.493 e. The lowest BCUT2D eigenvalue weighted by molar-refractivity contribution is 0.325. The van der Waals surface area contributed by atoms with Gasteiger partial charge in [0.1, 0.15) is 5.75 Å². The number of ether oxygens (including phenoxy) is 1. The average molecular weight is 190 g/mol. The Morgan fingerprint density at radius 2 is 1.86 bits per heavy atom. The predicted octanol–water partition coefficient (Wildman–Crippen LogP) is 3.73. The summed E-state index contributed by atoms with van der Waals surface area (Å²) in [7, 11) is 0. The smallest absolute Gasteiger partial charge is 0.119 e. The second kappa shape index (κ2) is 6.25. The van der Waals surface area contributed by atoms with Crippen LogP contribution in [0.2, 0.25) is 0 Å². The summed E-state index contributed by atoms with van der Waals surface area (Å²) in [5.74, 6) is 0.959. The molecule has 0 amide bonds. The van der Waals surface area contributed by atoms with E-state index in [0.29, 0.717) is 0 Å². The molecule has 0 fully saturated rings. The van der Waals surface area contributed by atoms with E-state index in [0.717, 1.165) is 25.2 Å². The van der Waals surface area contributed by atoms with E-state index < -0.39 is 0 Å². The number of allylic oxidation sites excluding steroid dienone is 1.